The number of anilines is 1. The van der Waals surface area contributed by atoms with Crippen molar-refractivity contribution in [3.05, 3.63) is 23.1 Å². The van der Waals surface area contributed by atoms with E-state index in [0.29, 0.717) is 12.6 Å². The van der Waals surface area contributed by atoms with Crippen molar-refractivity contribution in [3.8, 4) is 0 Å². The van der Waals surface area contributed by atoms with Crippen LogP contribution >= 0.6 is 11.6 Å². The van der Waals surface area contributed by atoms with Crippen molar-refractivity contribution < 1.29 is 9.50 Å². The predicted octanol–water partition coefficient (Wildman–Crippen LogP) is 1.84. The van der Waals surface area contributed by atoms with Crippen molar-refractivity contribution in [2.24, 2.45) is 0 Å². The average molecular weight is 231 g/mol. The van der Waals surface area contributed by atoms with E-state index in [2.05, 4.69) is 4.98 Å². The lowest BCUT2D eigenvalue weighted by molar-refractivity contribution is 0.300. The molecule has 1 fully saturated rings. The number of aliphatic hydroxyl groups is 1. The van der Waals surface area contributed by atoms with E-state index in [1.807, 2.05) is 0 Å². The molecule has 1 aliphatic carbocycles. The first-order chi connectivity index (χ1) is 7.22. The highest BCUT2D eigenvalue weighted by molar-refractivity contribution is 6.30. The number of pyridine rings is 1. The second kappa shape index (κ2) is 4.33. The summed E-state index contributed by atoms with van der Waals surface area (Å²) in [6.07, 6.45) is 3.49. The third-order valence-electron chi connectivity index (χ3n) is 2.39. The Balaban J connectivity index is 2.24. The van der Waals surface area contributed by atoms with Gasteiger partial charge in [0.05, 0.1) is 11.6 Å². The van der Waals surface area contributed by atoms with Gasteiger partial charge in [-0.25, -0.2) is 9.37 Å². The molecule has 82 valence electrons. The summed E-state index contributed by atoms with van der Waals surface area (Å²) in [5, 5.41) is 9.19. The van der Waals surface area contributed by atoms with Gasteiger partial charge in [-0.2, -0.15) is 0 Å². The monoisotopic (exact) mass is 230 g/mol. The van der Waals surface area contributed by atoms with Gasteiger partial charge in [-0.1, -0.05) is 11.6 Å². The maximum atomic E-state index is 13.5. The van der Waals surface area contributed by atoms with Gasteiger partial charge in [0.2, 0.25) is 0 Å². The highest BCUT2D eigenvalue weighted by Crippen LogP contribution is 2.32. The molecule has 2 rings (SSSR count). The van der Waals surface area contributed by atoms with Crippen LogP contribution in [0.2, 0.25) is 5.02 Å². The maximum Gasteiger partial charge on any atom is 0.167 e. The molecule has 15 heavy (non-hydrogen) atoms. The lowest BCUT2D eigenvalue weighted by Crippen LogP contribution is -2.30. The lowest BCUT2D eigenvalue weighted by Gasteiger charge is -2.22. The second-order valence-electron chi connectivity index (χ2n) is 3.61. The predicted molar refractivity (Wildman–Crippen MR) is 56.7 cm³/mol. The van der Waals surface area contributed by atoms with Gasteiger partial charge in [-0.05, 0) is 18.9 Å². The zero-order valence-electron chi connectivity index (χ0n) is 8.16. The summed E-state index contributed by atoms with van der Waals surface area (Å²) < 4.78 is 13.5. The quantitative estimate of drug-likeness (QED) is 0.858. The molecule has 0 atom stereocenters. The van der Waals surface area contributed by atoms with Gasteiger partial charge in [-0.15, -0.1) is 0 Å². The van der Waals surface area contributed by atoms with E-state index in [9.17, 15) is 4.39 Å². The average Bonchev–Trinajstić information content (AvgIpc) is 2.98. The Bertz CT molecular complexity index is 357. The summed E-state index contributed by atoms with van der Waals surface area (Å²) in [5.41, 5.74) is 0. The molecule has 3 nitrogen and oxygen atoms in total. The Morgan fingerprint density at radius 2 is 2.33 bits per heavy atom. The fourth-order valence-corrected chi connectivity index (χ4v) is 1.72. The molecular weight excluding hydrogens is 219 g/mol. The number of hydrogen-bond donors (Lipinski definition) is 1. The van der Waals surface area contributed by atoms with Gasteiger partial charge in [0.25, 0.3) is 0 Å². The zero-order valence-corrected chi connectivity index (χ0v) is 8.91. The van der Waals surface area contributed by atoms with Crippen LogP contribution in [0.4, 0.5) is 10.2 Å². The molecule has 1 saturated carbocycles. The molecule has 0 aliphatic heterocycles. The van der Waals surface area contributed by atoms with Crippen LogP contribution in [-0.2, 0) is 0 Å². The molecule has 1 aromatic rings. The molecule has 0 aromatic carbocycles. The normalized spacial score (nSPS) is 15.4. The Kier molecular flexibility index (Phi) is 3.07. The fourth-order valence-electron chi connectivity index (χ4n) is 1.57. The number of halogens is 2. The standard InChI is InChI=1S/C10H12ClFN2O/c11-7-5-9(12)10(13-6-7)14(3-4-15)8-1-2-8/h5-6,8,15H,1-4H2. The Labute approximate surface area is 92.5 Å². The lowest BCUT2D eigenvalue weighted by atomic mass is 10.3. The second-order valence-corrected chi connectivity index (χ2v) is 4.04. The number of aromatic nitrogens is 1. The molecule has 1 N–H and O–H groups in total. The molecule has 0 saturated heterocycles. The van der Waals surface area contributed by atoms with Crippen LogP contribution in [0, 0.1) is 5.82 Å². The third-order valence-corrected chi connectivity index (χ3v) is 2.60. The van der Waals surface area contributed by atoms with Crippen LogP contribution < -0.4 is 4.90 Å². The van der Waals surface area contributed by atoms with Gasteiger partial charge >= 0.3 is 0 Å². The van der Waals surface area contributed by atoms with Crippen LogP contribution in [0.3, 0.4) is 0 Å². The van der Waals surface area contributed by atoms with Crippen molar-refractivity contribution in [2.75, 3.05) is 18.1 Å². The summed E-state index contributed by atoms with van der Waals surface area (Å²) in [6, 6.07) is 1.57. The van der Waals surface area contributed by atoms with E-state index >= 15 is 0 Å². The fraction of sp³-hybridized carbons (Fsp3) is 0.500. The summed E-state index contributed by atoms with van der Waals surface area (Å²) in [4.78, 5) is 5.76. The summed E-state index contributed by atoms with van der Waals surface area (Å²) >= 11 is 5.62. The van der Waals surface area contributed by atoms with E-state index in [1.165, 1.54) is 12.3 Å². The van der Waals surface area contributed by atoms with Gasteiger partial charge in [0.1, 0.15) is 0 Å². The topological polar surface area (TPSA) is 36.4 Å². The van der Waals surface area contributed by atoms with E-state index in [0.717, 1.165) is 12.8 Å². The maximum absolute atomic E-state index is 13.5. The summed E-state index contributed by atoms with van der Waals surface area (Å²) in [5.74, 6) is -0.140. The van der Waals surface area contributed by atoms with Crippen LogP contribution in [0.1, 0.15) is 12.8 Å². The van der Waals surface area contributed by atoms with Crippen molar-refractivity contribution in [1.82, 2.24) is 4.98 Å². The number of nitrogens with zero attached hydrogens (tertiary/aromatic N) is 2. The van der Waals surface area contributed by atoms with Crippen LogP contribution in [-0.4, -0.2) is 29.3 Å². The third kappa shape index (κ3) is 2.38. The molecule has 0 unspecified atom stereocenters. The number of aliphatic hydroxyl groups excluding tert-OH is 1. The first kappa shape index (κ1) is 10.6. The minimum atomic E-state index is -0.428. The Morgan fingerprint density at radius 1 is 1.60 bits per heavy atom. The molecular formula is C10H12ClFN2O. The van der Waals surface area contributed by atoms with Crippen molar-refractivity contribution in [2.45, 2.75) is 18.9 Å². The molecule has 1 heterocycles. The first-order valence-electron chi connectivity index (χ1n) is 4.91. The van der Waals surface area contributed by atoms with Gasteiger partial charge in [-0.3, -0.25) is 0 Å². The van der Waals surface area contributed by atoms with Gasteiger partial charge in [0.15, 0.2) is 11.6 Å². The van der Waals surface area contributed by atoms with E-state index in [1.54, 1.807) is 4.90 Å². The smallest absolute Gasteiger partial charge is 0.167 e. The first-order valence-corrected chi connectivity index (χ1v) is 5.28. The molecule has 0 spiro atoms. The Hall–Kier alpha value is -0.870. The summed E-state index contributed by atoms with van der Waals surface area (Å²) in [7, 11) is 0. The minimum Gasteiger partial charge on any atom is -0.395 e. The van der Waals surface area contributed by atoms with Crippen molar-refractivity contribution in [1.29, 1.82) is 0 Å². The van der Waals surface area contributed by atoms with Crippen LogP contribution in [0.25, 0.3) is 0 Å². The molecule has 0 amide bonds. The van der Waals surface area contributed by atoms with Crippen LogP contribution in [0.5, 0.6) is 0 Å². The van der Waals surface area contributed by atoms with Gasteiger partial charge < -0.3 is 10.0 Å². The number of rotatable bonds is 4. The molecule has 1 aliphatic rings. The largest absolute Gasteiger partial charge is 0.395 e. The van der Waals surface area contributed by atoms with Crippen molar-refractivity contribution in [3.63, 3.8) is 0 Å². The molecule has 0 bridgehead atoms. The van der Waals surface area contributed by atoms with Crippen LogP contribution in [0.15, 0.2) is 12.3 Å². The van der Waals surface area contributed by atoms with Crippen molar-refractivity contribution >= 4 is 17.4 Å². The number of hydrogen-bond acceptors (Lipinski definition) is 3. The SMILES string of the molecule is OCCN(c1ncc(Cl)cc1F)C1CC1. The highest BCUT2D eigenvalue weighted by Gasteiger charge is 2.31. The van der Waals surface area contributed by atoms with E-state index in [4.69, 9.17) is 16.7 Å². The van der Waals surface area contributed by atoms with E-state index in [-0.39, 0.29) is 17.4 Å². The molecule has 5 heteroatoms. The van der Waals surface area contributed by atoms with E-state index < -0.39 is 5.82 Å². The Morgan fingerprint density at radius 3 is 2.87 bits per heavy atom. The zero-order chi connectivity index (χ0) is 10.8. The highest BCUT2D eigenvalue weighted by atomic mass is 35.5. The molecule has 1 aromatic heterocycles. The molecule has 0 radical (unpaired) electrons. The minimum absolute atomic E-state index is 0.000244. The summed E-state index contributed by atoms with van der Waals surface area (Å²) in [6.45, 7) is 0.413. The van der Waals surface area contributed by atoms with Gasteiger partial charge in [0, 0.05) is 18.8 Å².